The summed E-state index contributed by atoms with van der Waals surface area (Å²) >= 11 is 0. The van der Waals surface area contributed by atoms with Crippen LogP contribution in [0.4, 0.5) is 0 Å². The number of hydrogen-bond donors (Lipinski definition) is 1. The number of rotatable bonds is 6. The van der Waals surface area contributed by atoms with Crippen LogP contribution in [-0.4, -0.2) is 18.3 Å². The summed E-state index contributed by atoms with van der Waals surface area (Å²) in [5.41, 5.74) is 1.50. The average Bonchev–Trinajstić information content (AvgIpc) is 2.48. The normalized spacial score (nSPS) is 10.6. The number of benzene rings is 2. The van der Waals surface area contributed by atoms with E-state index in [4.69, 9.17) is 9.47 Å². The summed E-state index contributed by atoms with van der Waals surface area (Å²) in [4.78, 5) is 0. The third-order valence-electron chi connectivity index (χ3n) is 3.03. The first-order valence-corrected chi connectivity index (χ1v) is 6.89. The van der Waals surface area contributed by atoms with E-state index in [1.807, 2.05) is 62.4 Å². The molecule has 0 atom stereocenters. The fraction of sp³-hybridized carbons (Fsp3) is 0.294. The molecule has 0 radical (unpaired) electrons. The molecule has 0 fully saturated rings. The molecule has 1 N–H and O–H groups in total. The van der Waals surface area contributed by atoms with Gasteiger partial charge in [-0.1, -0.05) is 36.4 Å². The van der Waals surface area contributed by atoms with Gasteiger partial charge in [0, 0.05) is 11.1 Å². The molecule has 0 aliphatic heterocycles. The molecule has 0 unspecified atom stereocenters. The Morgan fingerprint density at radius 3 is 1.60 bits per heavy atom. The number of para-hydroxylation sites is 2. The van der Waals surface area contributed by atoms with E-state index in [-0.39, 0.29) is 0 Å². The Hall–Kier alpha value is -2.00. The molecule has 0 saturated heterocycles. The van der Waals surface area contributed by atoms with E-state index in [1.54, 1.807) is 0 Å². The van der Waals surface area contributed by atoms with E-state index in [2.05, 4.69) is 0 Å². The Bertz CT molecular complexity index is 502. The quantitative estimate of drug-likeness (QED) is 0.873. The van der Waals surface area contributed by atoms with Gasteiger partial charge < -0.3 is 14.6 Å². The van der Waals surface area contributed by atoms with E-state index in [1.165, 1.54) is 0 Å². The molecule has 2 aromatic carbocycles. The summed E-state index contributed by atoms with van der Waals surface area (Å²) in [6, 6.07) is 15.1. The molecule has 0 heterocycles. The van der Waals surface area contributed by atoms with E-state index in [9.17, 15) is 5.11 Å². The molecule has 106 valence electrons. The lowest BCUT2D eigenvalue weighted by atomic mass is 10.00. The van der Waals surface area contributed by atoms with Crippen LogP contribution < -0.4 is 9.47 Å². The van der Waals surface area contributed by atoms with Gasteiger partial charge in [0.2, 0.25) is 0 Å². The maximum absolute atomic E-state index is 10.6. The highest BCUT2D eigenvalue weighted by molar-refractivity contribution is 5.45. The molecule has 3 nitrogen and oxygen atoms in total. The smallest absolute Gasteiger partial charge is 0.125 e. The van der Waals surface area contributed by atoms with E-state index < -0.39 is 6.10 Å². The van der Waals surface area contributed by atoms with Crippen molar-refractivity contribution in [3.05, 3.63) is 59.7 Å². The number of aliphatic hydroxyl groups is 1. The summed E-state index contributed by atoms with van der Waals surface area (Å²) in [5, 5.41) is 10.6. The summed E-state index contributed by atoms with van der Waals surface area (Å²) in [5.74, 6) is 1.41. The number of hydrogen-bond acceptors (Lipinski definition) is 3. The van der Waals surface area contributed by atoms with Crippen molar-refractivity contribution in [3.8, 4) is 11.5 Å². The van der Waals surface area contributed by atoms with Gasteiger partial charge in [0.25, 0.3) is 0 Å². The van der Waals surface area contributed by atoms with Crippen LogP contribution in [0.5, 0.6) is 11.5 Å². The second-order valence-electron chi connectivity index (χ2n) is 4.34. The zero-order valence-corrected chi connectivity index (χ0v) is 11.9. The van der Waals surface area contributed by atoms with Gasteiger partial charge in [-0.25, -0.2) is 0 Å². The lowest BCUT2D eigenvalue weighted by molar-refractivity contribution is 0.204. The molecule has 20 heavy (non-hydrogen) atoms. The Kier molecular flexibility index (Phi) is 5.02. The van der Waals surface area contributed by atoms with Crippen molar-refractivity contribution >= 4 is 0 Å². The minimum Gasteiger partial charge on any atom is -0.493 e. The minimum absolute atomic E-state index is 0.566. The van der Waals surface area contributed by atoms with Crippen molar-refractivity contribution in [2.45, 2.75) is 20.0 Å². The van der Waals surface area contributed by atoms with Gasteiger partial charge in [-0.05, 0) is 26.0 Å². The van der Waals surface area contributed by atoms with E-state index in [0.717, 1.165) is 11.1 Å². The van der Waals surface area contributed by atoms with Crippen LogP contribution in [0.2, 0.25) is 0 Å². The number of ether oxygens (including phenoxy) is 2. The lowest BCUT2D eigenvalue weighted by Crippen LogP contribution is -2.06. The van der Waals surface area contributed by atoms with Crippen molar-refractivity contribution in [3.63, 3.8) is 0 Å². The van der Waals surface area contributed by atoms with Gasteiger partial charge in [-0.2, -0.15) is 0 Å². The van der Waals surface area contributed by atoms with Crippen molar-refractivity contribution in [2.75, 3.05) is 13.2 Å². The molecule has 0 aromatic heterocycles. The van der Waals surface area contributed by atoms with Crippen LogP contribution in [0, 0.1) is 0 Å². The predicted octanol–water partition coefficient (Wildman–Crippen LogP) is 3.57. The molecule has 0 aliphatic carbocycles. The third kappa shape index (κ3) is 3.11. The predicted molar refractivity (Wildman–Crippen MR) is 79.3 cm³/mol. The number of aliphatic hydroxyl groups excluding tert-OH is 1. The van der Waals surface area contributed by atoms with Crippen LogP contribution in [0.25, 0.3) is 0 Å². The standard InChI is InChI=1S/C17H20O3/c1-3-19-15-11-7-5-9-13(15)17(18)14-10-6-8-12-16(14)20-4-2/h5-12,17-18H,3-4H2,1-2H3. The molecular formula is C17H20O3. The average molecular weight is 272 g/mol. The van der Waals surface area contributed by atoms with Gasteiger partial charge in [0.1, 0.15) is 17.6 Å². The summed E-state index contributed by atoms with van der Waals surface area (Å²) in [6.45, 7) is 4.99. The van der Waals surface area contributed by atoms with Crippen LogP contribution in [0.15, 0.2) is 48.5 Å². The maximum atomic E-state index is 10.6. The minimum atomic E-state index is -0.763. The van der Waals surface area contributed by atoms with Crippen LogP contribution in [0.3, 0.4) is 0 Å². The molecule has 0 aliphatic rings. The van der Waals surface area contributed by atoms with Crippen LogP contribution in [-0.2, 0) is 0 Å². The topological polar surface area (TPSA) is 38.7 Å². The van der Waals surface area contributed by atoms with Crippen LogP contribution in [0.1, 0.15) is 31.1 Å². The molecular weight excluding hydrogens is 252 g/mol. The highest BCUT2D eigenvalue weighted by Crippen LogP contribution is 2.34. The fourth-order valence-corrected chi connectivity index (χ4v) is 2.15. The second-order valence-corrected chi connectivity index (χ2v) is 4.34. The Balaban J connectivity index is 2.38. The van der Waals surface area contributed by atoms with E-state index in [0.29, 0.717) is 24.7 Å². The first kappa shape index (κ1) is 14.4. The van der Waals surface area contributed by atoms with Crippen molar-refractivity contribution in [1.29, 1.82) is 0 Å². The molecule has 0 amide bonds. The van der Waals surface area contributed by atoms with Gasteiger partial charge >= 0.3 is 0 Å². The van der Waals surface area contributed by atoms with Gasteiger partial charge in [0.05, 0.1) is 13.2 Å². The SMILES string of the molecule is CCOc1ccccc1C(O)c1ccccc1OCC. The van der Waals surface area contributed by atoms with Gasteiger partial charge in [0.15, 0.2) is 0 Å². The monoisotopic (exact) mass is 272 g/mol. The Morgan fingerprint density at radius 2 is 1.20 bits per heavy atom. The molecule has 0 saturated carbocycles. The van der Waals surface area contributed by atoms with Crippen molar-refractivity contribution in [2.24, 2.45) is 0 Å². The molecule has 0 spiro atoms. The van der Waals surface area contributed by atoms with Crippen molar-refractivity contribution in [1.82, 2.24) is 0 Å². The highest BCUT2D eigenvalue weighted by atomic mass is 16.5. The first-order valence-electron chi connectivity index (χ1n) is 6.89. The Labute approximate surface area is 119 Å². The molecule has 3 heteroatoms. The Morgan fingerprint density at radius 1 is 0.800 bits per heavy atom. The van der Waals surface area contributed by atoms with Crippen molar-refractivity contribution < 1.29 is 14.6 Å². The fourth-order valence-electron chi connectivity index (χ4n) is 2.15. The molecule has 2 rings (SSSR count). The second kappa shape index (κ2) is 6.96. The maximum Gasteiger partial charge on any atom is 0.125 e. The van der Waals surface area contributed by atoms with E-state index >= 15 is 0 Å². The zero-order chi connectivity index (χ0) is 14.4. The summed E-state index contributed by atoms with van der Waals surface area (Å²) in [6.07, 6.45) is -0.763. The van der Waals surface area contributed by atoms with Gasteiger partial charge in [-0.15, -0.1) is 0 Å². The van der Waals surface area contributed by atoms with Crippen LogP contribution >= 0.6 is 0 Å². The lowest BCUT2D eigenvalue weighted by Gasteiger charge is -2.18. The summed E-state index contributed by atoms with van der Waals surface area (Å²) in [7, 11) is 0. The largest absolute Gasteiger partial charge is 0.493 e. The summed E-state index contributed by atoms with van der Waals surface area (Å²) < 4.78 is 11.2. The van der Waals surface area contributed by atoms with Gasteiger partial charge in [-0.3, -0.25) is 0 Å². The zero-order valence-electron chi connectivity index (χ0n) is 11.9. The molecule has 2 aromatic rings. The first-order chi connectivity index (χ1) is 9.77. The third-order valence-corrected chi connectivity index (χ3v) is 3.03. The molecule has 0 bridgehead atoms. The highest BCUT2D eigenvalue weighted by Gasteiger charge is 2.18.